The molecule has 3 aromatic carbocycles. The van der Waals surface area contributed by atoms with Gasteiger partial charge in [0.05, 0.1) is 24.4 Å². The van der Waals surface area contributed by atoms with Crippen LogP contribution in [0.1, 0.15) is 11.1 Å². The van der Waals surface area contributed by atoms with Crippen molar-refractivity contribution in [2.45, 2.75) is 6.61 Å². The molecule has 1 aromatic heterocycles. The van der Waals surface area contributed by atoms with E-state index in [4.69, 9.17) is 16.3 Å². The summed E-state index contributed by atoms with van der Waals surface area (Å²) in [5, 5.41) is 5.08. The molecule has 0 unspecified atom stereocenters. The zero-order valence-corrected chi connectivity index (χ0v) is 21.0. The second-order valence-electron chi connectivity index (χ2n) is 6.58. The minimum absolute atomic E-state index is 0.491. The number of benzene rings is 3. The lowest BCUT2D eigenvalue weighted by Gasteiger charge is -2.11. The van der Waals surface area contributed by atoms with Crippen molar-refractivity contribution < 1.29 is 4.74 Å². The number of para-hydroxylation sites is 2. The molecule has 0 saturated carbocycles. The molecule has 0 aliphatic heterocycles. The number of nitrogens with one attached hydrogen (secondary N) is 1. The third-order valence-corrected chi connectivity index (χ3v) is 6.34. The van der Waals surface area contributed by atoms with Crippen LogP contribution in [0.25, 0.3) is 11.0 Å². The number of nitrogens with zero attached hydrogens (tertiary/aromatic N) is 3. The van der Waals surface area contributed by atoms with Crippen molar-refractivity contribution in [3.8, 4) is 5.75 Å². The summed E-state index contributed by atoms with van der Waals surface area (Å²) in [5.41, 5.74) is 7.07. The molecule has 5 nitrogen and oxygen atoms in total. The zero-order chi connectivity index (χ0) is 21.1. The molecule has 0 amide bonds. The number of hydrogen-bond donors (Lipinski definition) is 1. The van der Waals surface area contributed by atoms with Gasteiger partial charge in [0.15, 0.2) is 0 Å². The van der Waals surface area contributed by atoms with E-state index in [1.54, 1.807) is 6.21 Å². The molecule has 30 heavy (non-hydrogen) atoms. The van der Waals surface area contributed by atoms with Crippen LogP contribution in [0.4, 0.5) is 5.95 Å². The molecule has 4 rings (SSSR count). The zero-order valence-electron chi connectivity index (χ0n) is 15.9. The molecular weight excluding hydrogens is 626 g/mol. The number of fused-ring (bicyclic) bond motifs is 1. The SMILES string of the molecule is Cn1c(N/N=C\c2cc(I)c(OCc3ccc(Cl)cc3)c(I)c2)nc2ccccc21. The summed E-state index contributed by atoms with van der Waals surface area (Å²) in [4.78, 5) is 4.56. The van der Waals surface area contributed by atoms with Crippen LogP contribution >= 0.6 is 56.8 Å². The summed E-state index contributed by atoms with van der Waals surface area (Å²) < 4.78 is 10.1. The van der Waals surface area contributed by atoms with Crippen molar-refractivity contribution in [3.63, 3.8) is 0 Å². The topological polar surface area (TPSA) is 51.4 Å². The Labute approximate surface area is 206 Å². The first kappa shape index (κ1) is 21.4. The highest BCUT2D eigenvalue weighted by Crippen LogP contribution is 2.29. The van der Waals surface area contributed by atoms with E-state index in [0.717, 1.165) is 40.1 Å². The normalized spacial score (nSPS) is 11.3. The molecule has 0 bridgehead atoms. The quantitative estimate of drug-likeness (QED) is 0.149. The standard InChI is InChI=1S/C22H17ClI2N4O/c1-29-20-5-3-2-4-19(20)27-22(29)28-26-12-15-10-17(24)21(18(25)11-15)30-13-14-6-8-16(23)9-7-14/h2-12H,13H2,1H3,(H,27,28)/b26-12-. The third-order valence-electron chi connectivity index (χ3n) is 4.48. The van der Waals surface area contributed by atoms with Gasteiger partial charge in [-0.05, 0) is 92.7 Å². The van der Waals surface area contributed by atoms with Crippen molar-refractivity contribution in [2.24, 2.45) is 12.1 Å². The maximum atomic E-state index is 6.04. The first-order valence-corrected chi connectivity index (χ1v) is 11.6. The summed E-state index contributed by atoms with van der Waals surface area (Å²) in [6, 6.07) is 19.7. The van der Waals surface area contributed by atoms with E-state index in [2.05, 4.69) is 60.7 Å². The largest absolute Gasteiger partial charge is 0.487 e. The van der Waals surface area contributed by atoms with Crippen LogP contribution in [0.2, 0.25) is 5.02 Å². The molecular formula is C22H17ClI2N4O. The second-order valence-corrected chi connectivity index (χ2v) is 9.34. The van der Waals surface area contributed by atoms with E-state index in [0.29, 0.717) is 12.6 Å². The molecule has 0 aliphatic rings. The number of hydrazone groups is 1. The Morgan fingerprint density at radius 3 is 2.50 bits per heavy atom. The van der Waals surface area contributed by atoms with Crippen LogP contribution in [0.15, 0.2) is 65.8 Å². The molecule has 0 radical (unpaired) electrons. The van der Waals surface area contributed by atoms with E-state index in [1.165, 1.54) is 0 Å². The first-order chi connectivity index (χ1) is 14.5. The lowest BCUT2D eigenvalue weighted by molar-refractivity contribution is 0.302. The van der Waals surface area contributed by atoms with Crippen molar-refractivity contribution in [1.29, 1.82) is 0 Å². The highest BCUT2D eigenvalue weighted by atomic mass is 127. The van der Waals surface area contributed by atoms with Gasteiger partial charge in [0, 0.05) is 12.1 Å². The number of aryl methyl sites for hydroxylation is 1. The van der Waals surface area contributed by atoms with E-state index >= 15 is 0 Å². The van der Waals surface area contributed by atoms with Crippen LogP contribution in [0, 0.1) is 7.14 Å². The average Bonchev–Trinajstić information content (AvgIpc) is 3.05. The van der Waals surface area contributed by atoms with Gasteiger partial charge in [0.1, 0.15) is 12.4 Å². The van der Waals surface area contributed by atoms with E-state index in [-0.39, 0.29) is 0 Å². The Morgan fingerprint density at radius 1 is 1.10 bits per heavy atom. The monoisotopic (exact) mass is 642 g/mol. The van der Waals surface area contributed by atoms with Crippen LogP contribution < -0.4 is 10.2 Å². The summed E-state index contributed by atoms with van der Waals surface area (Å²) >= 11 is 10.5. The fraction of sp³-hybridized carbons (Fsp3) is 0.0909. The molecule has 8 heteroatoms. The summed E-state index contributed by atoms with van der Waals surface area (Å²) in [7, 11) is 1.96. The highest BCUT2D eigenvalue weighted by molar-refractivity contribution is 14.1. The van der Waals surface area contributed by atoms with Crippen molar-refractivity contribution >= 4 is 80.0 Å². The Bertz CT molecular complexity index is 1200. The molecule has 1 N–H and O–H groups in total. The Hall–Kier alpha value is -1.85. The minimum atomic E-state index is 0.491. The van der Waals surface area contributed by atoms with Gasteiger partial charge in [-0.25, -0.2) is 10.4 Å². The van der Waals surface area contributed by atoms with Gasteiger partial charge < -0.3 is 9.30 Å². The molecule has 0 spiro atoms. The fourth-order valence-electron chi connectivity index (χ4n) is 2.94. The molecule has 1 heterocycles. The lowest BCUT2D eigenvalue weighted by Crippen LogP contribution is -2.01. The number of anilines is 1. The highest BCUT2D eigenvalue weighted by Gasteiger charge is 2.09. The van der Waals surface area contributed by atoms with E-state index < -0.39 is 0 Å². The maximum absolute atomic E-state index is 6.04. The molecule has 0 fully saturated rings. The number of hydrogen-bond acceptors (Lipinski definition) is 4. The molecule has 152 valence electrons. The van der Waals surface area contributed by atoms with Gasteiger partial charge in [0.25, 0.3) is 0 Å². The number of rotatable bonds is 6. The second kappa shape index (κ2) is 9.52. The van der Waals surface area contributed by atoms with Gasteiger partial charge in [-0.1, -0.05) is 35.9 Å². The number of aromatic nitrogens is 2. The van der Waals surface area contributed by atoms with Gasteiger partial charge in [-0.2, -0.15) is 5.10 Å². The fourth-order valence-corrected chi connectivity index (χ4v) is 5.19. The predicted octanol–water partition coefficient (Wildman–Crippen LogP) is 6.46. The van der Waals surface area contributed by atoms with E-state index in [9.17, 15) is 0 Å². The third kappa shape index (κ3) is 4.89. The van der Waals surface area contributed by atoms with Crippen LogP contribution in [-0.4, -0.2) is 15.8 Å². The van der Waals surface area contributed by atoms with Gasteiger partial charge in [-0.3, -0.25) is 0 Å². The van der Waals surface area contributed by atoms with Gasteiger partial charge in [0.2, 0.25) is 5.95 Å². The minimum Gasteiger partial charge on any atom is -0.487 e. The van der Waals surface area contributed by atoms with Gasteiger partial charge in [-0.15, -0.1) is 0 Å². The van der Waals surface area contributed by atoms with Gasteiger partial charge >= 0.3 is 0 Å². The summed E-state index contributed by atoms with van der Waals surface area (Å²) in [5.74, 6) is 1.56. The number of ether oxygens (including phenoxy) is 1. The Morgan fingerprint density at radius 2 is 1.80 bits per heavy atom. The van der Waals surface area contributed by atoms with Crippen LogP contribution in [0.5, 0.6) is 5.75 Å². The Balaban J connectivity index is 1.45. The van der Waals surface area contributed by atoms with Crippen LogP contribution in [-0.2, 0) is 13.7 Å². The van der Waals surface area contributed by atoms with Crippen LogP contribution in [0.3, 0.4) is 0 Å². The first-order valence-electron chi connectivity index (χ1n) is 9.08. The smallest absolute Gasteiger partial charge is 0.224 e. The predicted molar refractivity (Wildman–Crippen MR) is 140 cm³/mol. The average molecular weight is 643 g/mol. The molecule has 0 atom stereocenters. The van der Waals surface area contributed by atoms with Crippen molar-refractivity contribution in [2.75, 3.05) is 5.43 Å². The summed E-state index contributed by atoms with van der Waals surface area (Å²) in [6.07, 6.45) is 1.78. The maximum Gasteiger partial charge on any atom is 0.224 e. The van der Waals surface area contributed by atoms with E-state index in [1.807, 2.05) is 72.3 Å². The summed E-state index contributed by atoms with van der Waals surface area (Å²) in [6.45, 7) is 0.491. The van der Waals surface area contributed by atoms with Crippen molar-refractivity contribution in [3.05, 3.63) is 84.0 Å². The number of halogens is 3. The lowest BCUT2D eigenvalue weighted by atomic mass is 10.2. The molecule has 0 saturated heterocycles. The molecule has 0 aliphatic carbocycles. The number of imidazole rings is 1. The van der Waals surface area contributed by atoms with Crippen molar-refractivity contribution in [1.82, 2.24) is 9.55 Å². The Kier molecular flexibility index (Phi) is 6.79. The molecule has 4 aromatic rings.